The van der Waals surface area contributed by atoms with E-state index in [2.05, 4.69) is 26.2 Å². The third-order valence-electron chi connectivity index (χ3n) is 2.09. The fourth-order valence-electron chi connectivity index (χ4n) is 1.31. The molecule has 88 valence electrons. The van der Waals surface area contributed by atoms with Gasteiger partial charge in [-0.05, 0) is 31.2 Å². The number of aromatic carboxylic acids is 1. The quantitative estimate of drug-likeness (QED) is 0.908. The van der Waals surface area contributed by atoms with Crippen LogP contribution in [-0.2, 0) is 0 Å². The van der Waals surface area contributed by atoms with E-state index < -0.39 is 5.97 Å². The Kier molecular flexibility index (Phi) is 3.44. The van der Waals surface area contributed by atoms with Crippen LogP contribution < -0.4 is 5.32 Å². The molecule has 0 atom stereocenters. The zero-order valence-corrected chi connectivity index (χ0v) is 11.3. The van der Waals surface area contributed by atoms with Crippen molar-refractivity contribution in [3.8, 4) is 0 Å². The number of hydrogen-bond acceptors (Lipinski definition) is 4. The largest absolute Gasteiger partial charge is 0.476 e. The SMILES string of the molecule is Cc1sc(Nc2ccc(Br)cc2)nc1C(=O)O. The van der Waals surface area contributed by atoms with Crippen LogP contribution in [0.15, 0.2) is 28.7 Å². The van der Waals surface area contributed by atoms with Crippen LogP contribution in [0.4, 0.5) is 10.8 Å². The van der Waals surface area contributed by atoms with Crippen LogP contribution in [0.1, 0.15) is 15.4 Å². The third kappa shape index (κ3) is 2.83. The van der Waals surface area contributed by atoms with Crippen LogP contribution in [-0.4, -0.2) is 16.1 Å². The molecule has 2 aromatic rings. The first-order chi connectivity index (χ1) is 8.06. The Morgan fingerprint density at radius 3 is 2.59 bits per heavy atom. The fourth-order valence-corrected chi connectivity index (χ4v) is 2.39. The molecule has 17 heavy (non-hydrogen) atoms. The highest BCUT2D eigenvalue weighted by Gasteiger charge is 2.13. The Labute approximate surface area is 110 Å². The lowest BCUT2D eigenvalue weighted by Crippen LogP contribution is -1.99. The first-order valence-corrected chi connectivity index (χ1v) is 6.40. The van der Waals surface area contributed by atoms with Crippen LogP contribution in [0.3, 0.4) is 0 Å². The van der Waals surface area contributed by atoms with E-state index in [-0.39, 0.29) is 5.69 Å². The van der Waals surface area contributed by atoms with Crippen LogP contribution in [0.25, 0.3) is 0 Å². The molecule has 0 spiro atoms. The summed E-state index contributed by atoms with van der Waals surface area (Å²) in [5, 5.41) is 12.5. The Morgan fingerprint density at radius 1 is 1.41 bits per heavy atom. The zero-order chi connectivity index (χ0) is 12.4. The molecular formula is C11H9BrN2O2S. The Bertz CT molecular complexity index is 551. The number of carboxylic acids is 1. The van der Waals surface area contributed by atoms with Crippen molar-refractivity contribution >= 4 is 44.1 Å². The Hall–Kier alpha value is -1.40. The summed E-state index contributed by atoms with van der Waals surface area (Å²) in [6.07, 6.45) is 0. The molecule has 0 amide bonds. The van der Waals surface area contributed by atoms with E-state index in [1.807, 2.05) is 24.3 Å². The molecule has 1 aromatic heterocycles. The number of nitrogens with zero attached hydrogens (tertiary/aromatic N) is 1. The van der Waals surface area contributed by atoms with Crippen molar-refractivity contribution in [3.05, 3.63) is 39.3 Å². The highest BCUT2D eigenvalue weighted by Crippen LogP contribution is 2.26. The minimum absolute atomic E-state index is 0.106. The second-order valence-electron chi connectivity index (χ2n) is 3.36. The van der Waals surface area contributed by atoms with Crippen molar-refractivity contribution in [1.82, 2.24) is 4.98 Å². The van der Waals surface area contributed by atoms with Crippen LogP contribution >= 0.6 is 27.3 Å². The molecule has 0 aliphatic rings. The molecule has 2 N–H and O–H groups in total. The van der Waals surface area contributed by atoms with Gasteiger partial charge in [-0.1, -0.05) is 15.9 Å². The average Bonchev–Trinajstić information content (AvgIpc) is 2.63. The lowest BCUT2D eigenvalue weighted by molar-refractivity contribution is 0.0690. The summed E-state index contributed by atoms with van der Waals surface area (Å²) < 4.78 is 0.990. The maximum Gasteiger partial charge on any atom is 0.355 e. The average molecular weight is 313 g/mol. The van der Waals surface area contributed by atoms with E-state index in [1.165, 1.54) is 11.3 Å². The Morgan fingerprint density at radius 2 is 2.06 bits per heavy atom. The lowest BCUT2D eigenvalue weighted by atomic mass is 10.3. The topological polar surface area (TPSA) is 62.2 Å². The molecule has 0 saturated carbocycles. The second kappa shape index (κ2) is 4.85. The van der Waals surface area contributed by atoms with Gasteiger partial charge in [-0.25, -0.2) is 9.78 Å². The summed E-state index contributed by atoms with van der Waals surface area (Å²) >= 11 is 4.67. The monoisotopic (exact) mass is 312 g/mol. The van der Waals surface area contributed by atoms with Gasteiger partial charge in [0.2, 0.25) is 0 Å². The molecule has 0 saturated heterocycles. The van der Waals surface area contributed by atoms with E-state index in [1.54, 1.807) is 6.92 Å². The van der Waals surface area contributed by atoms with E-state index in [0.29, 0.717) is 10.0 Å². The van der Waals surface area contributed by atoms with Gasteiger partial charge in [0, 0.05) is 15.0 Å². The second-order valence-corrected chi connectivity index (χ2v) is 5.48. The third-order valence-corrected chi connectivity index (χ3v) is 3.51. The van der Waals surface area contributed by atoms with Crippen molar-refractivity contribution in [2.24, 2.45) is 0 Å². The number of thiazole rings is 1. The van der Waals surface area contributed by atoms with Gasteiger partial charge < -0.3 is 10.4 Å². The number of aryl methyl sites for hydroxylation is 1. The summed E-state index contributed by atoms with van der Waals surface area (Å²) in [5.74, 6) is -0.998. The van der Waals surface area contributed by atoms with Gasteiger partial charge in [-0.2, -0.15) is 0 Å². The molecular weight excluding hydrogens is 304 g/mol. The van der Waals surface area contributed by atoms with Crippen LogP contribution in [0.5, 0.6) is 0 Å². The minimum atomic E-state index is -0.998. The van der Waals surface area contributed by atoms with E-state index in [9.17, 15) is 4.79 Å². The van der Waals surface area contributed by atoms with Crippen LogP contribution in [0, 0.1) is 6.92 Å². The minimum Gasteiger partial charge on any atom is -0.476 e. The van der Waals surface area contributed by atoms with Gasteiger partial charge in [0.15, 0.2) is 10.8 Å². The van der Waals surface area contributed by atoms with Gasteiger partial charge in [-0.15, -0.1) is 11.3 Å². The number of nitrogens with one attached hydrogen (secondary N) is 1. The number of halogens is 1. The number of hydrogen-bond donors (Lipinski definition) is 2. The molecule has 4 nitrogen and oxygen atoms in total. The molecule has 2 rings (SSSR count). The maximum atomic E-state index is 10.8. The summed E-state index contributed by atoms with van der Waals surface area (Å²) in [5.41, 5.74) is 0.980. The summed E-state index contributed by atoms with van der Waals surface area (Å²) in [7, 11) is 0. The highest BCUT2D eigenvalue weighted by molar-refractivity contribution is 9.10. The van der Waals surface area contributed by atoms with Gasteiger partial charge in [0.25, 0.3) is 0 Å². The number of aromatic nitrogens is 1. The predicted molar refractivity (Wildman–Crippen MR) is 71.2 cm³/mol. The molecule has 1 heterocycles. The maximum absolute atomic E-state index is 10.8. The molecule has 1 aromatic carbocycles. The molecule has 0 aliphatic carbocycles. The van der Waals surface area contributed by atoms with Gasteiger partial charge in [0.1, 0.15) is 0 Å². The van der Waals surface area contributed by atoms with Crippen molar-refractivity contribution < 1.29 is 9.90 Å². The standard InChI is InChI=1S/C11H9BrN2O2S/c1-6-9(10(15)16)14-11(17-6)13-8-4-2-7(12)3-5-8/h2-5H,1H3,(H,13,14)(H,15,16). The predicted octanol–water partition coefficient (Wildman–Crippen LogP) is 3.66. The number of carbonyl (C=O) groups is 1. The first kappa shape index (κ1) is 12.1. The highest BCUT2D eigenvalue weighted by atomic mass is 79.9. The molecule has 6 heteroatoms. The number of carboxylic acid groups (broad SMARTS) is 1. The van der Waals surface area contributed by atoms with Crippen molar-refractivity contribution in [3.63, 3.8) is 0 Å². The zero-order valence-electron chi connectivity index (χ0n) is 8.90. The summed E-state index contributed by atoms with van der Waals surface area (Å²) in [4.78, 5) is 15.6. The van der Waals surface area contributed by atoms with Crippen LogP contribution in [0.2, 0.25) is 0 Å². The molecule has 0 fully saturated rings. The first-order valence-electron chi connectivity index (χ1n) is 4.79. The van der Waals surface area contributed by atoms with Gasteiger partial charge in [-0.3, -0.25) is 0 Å². The molecule has 0 radical (unpaired) electrons. The van der Waals surface area contributed by atoms with E-state index in [4.69, 9.17) is 5.11 Å². The molecule has 0 bridgehead atoms. The van der Waals surface area contributed by atoms with E-state index >= 15 is 0 Å². The number of rotatable bonds is 3. The molecule has 0 aliphatic heterocycles. The molecule has 0 unspecified atom stereocenters. The van der Waals surface area contributed by atoms with E-state index in [0.717, 1.165) is 10.2 Å². The van der Waals surface area contributed by atoms with Gasteiger partial charge >= 0.3 is 5.97 Å². The van der Waals surface area contributed by atoms with Crippen molar-refractivity contribution in [2.75, 3.05) is 5.32 Å². The normalized spacial score (nSPS) is 10.2. The number of anilines is 2. The summed E-state index contributed by atoms with van der Waals surface area (Å²) in [6.45, 7) is 1.74. The van der Waals surface area contributed by atoms with Gasteiger partial charge in [0.05, 0.1) is 0 Å². The fraction of sp³-hybridized carbons (Fsp3) is 0.0909. The Balaban J connectivity index is 2.22. The number of benzene rings is 1. The summed E-state index contributed by atoms with van der Waals surface area (Å²) in [6, 6.07) is 7.59. The van der Waals surface area contributed by atoms with Crippen molar-refractivity contribution in [2.45, 2.75) is 6.92 Å². The lowest BCUT2D eigenvalue weighted by Gasteiger charge is -2.01. The van der Waals surface area contributed by atoms with Crippen molar-refractivity contribution in [1.29, 1.82) is 0 Å². The smallest absolute Gasteiger partial charge is 0.355 e.